The Labute approximate surface area is 176 Å². The molecular weight excluding hydrogens is 380 g/mol. The summed E-state index contributed by atoms with van der Waals surface area (Å²) >= 11 is 0. The van der Waals surface area contributed by atoms with Crippen LogP contribution in [0.5, 0.6) is 0 Å². The Morgan fingerprint density at radius 3 is 2.23 bits per heavy atom. The summed E-state index contributed by atoms with van der Waals surface area (Å²) in [5.41, 5.74) is 1.18. The molecule has 30 heavy (non-hydrogen) atoms. The number of carbonyl (C=O) groups excluding carboxylic acids is 3. The fourth-order valence-corrected chi connectivity index (χ4v) is 4.58. The minimum Gasteiger partial charge on any atom is -0.351 e. The lowest BCUT2D eigenvalue weighted by atomic mass is 9.92. The number of para-hydroxylation sites is 1. The molecule has 1 aliphatic heterocycles. The number of aromatic amines is 1. The SMILES string of the molecule is CC1(NC(=O)C(=O)N2CCN(C(=O)c3cc4ccccc4[nH]3)CC2)CCCCCC1. The largest absolute Gasteiger partial charge is 0.351 e. The average Bonchev–Trinajstić information content (AvgIpc) is 3.08. The Bertz CT molecular complexity index is 902. The van der Waals surface area contributed by atoms with Gasteiger partial charge in [0.2, 0.25) is 0 Å². The molecule has 3 amide bonds. The number of piperazine rings is 1. The average molecular weight is 411 g/mol. The molecule has 1 saturated heterocycles. The zero-order valence-corrected chi connectivity index (χ0v) is 17.6. The van der Waals surface area contributed by atoms with Gasteiger partial charge in [0.1, 0.15) is 5.69 Å². The molecule has 0 radical (unpaired) electrons. The molecule has 160 valence electrons. The van der Waals surface area contributed by atoms with Gasteiger partial charge in [-0.05, 0) is 31.9 Å². The number of carbonyl (C=O) groups is 3. The molecule has 0 spiro atoms. The number of nitrogens with zero attached hydrogens (tertiary/aromatic N) is 2. The third-order valence-corrected chi connectivity index (χ3v) is 6.43. The van der Waals surface area contributed by atoms with Crippen molar-refractivity contribution in [3.05, 3.63) is 36.0 Å². The predicted molar refractivity (Wildman–Crippen MR) is 115 cm³/mol. The molecule has 4 rings (SSSR count). The predicted octanol–water partition coefficient (Wildman–Crippen LogP) is 2.68. The zero-order chi connectivity index (χ0) is 21.1. The molecule has 0 unspecified atom stereocenters. The van der Waals surface area contributed by atoms with E-state index in [1.54, 1.807) is 9.80 Å². The monoisotopic (exact) mass is 410 g/mol. The van der Waals surface area contributed by atoms with Gasteiger partial charge in [0.15, 0.2) is 0 Å². The molecule has 2 aliphatic rings. The van der Waals surface area contributed by atoms with Crippen LogP contribution in [0, 0.1) is 0 Å². The normalized spacial score (nSPS) is 19.4. The summed E-state index contributed by atoms with van der Waals surface area (Å²) < 4.78 is 0. The first-order valence-corrected chi connectivity index (χ1v) is 10.9. The van der Waals surface area contributed by atoms with Crippen molar-refractivity contribution in [1.29, 1.82) is 0 Å². The van der Waals surface area contributed by atoms with Gasteiger partial charge in [0.05, 0.1) is 0 Å². The number of aromatic nitrogens is 1. The summed E-state index contributed by atoms with van der Waals surface area (Å²) in [7, 11) is 0. The van der Waals surface area contributed by atoms with Crippen molar-refractivity contribution in [3.8, 4) is 0 Å². The van der Waals surface area contributed by atoms with Crippen LogP contribution in [0.3, 0.4) is 0 Å². The fraction of sp³-hybridized carbons (Fsp3) is 0.522. The molecule has 1 aliphatic carbocycles. The van der Waals surface area contributed by atoms with Crippen molar-refractivity contribution in [2.75, 3.05) is 26.2 Å². The van der Waals surface area contributed by atoms with E-state index in [2.05, 4.69) is 10.3 Å². The smallest absolute Gasteiger partial charge is 0.312 e. The summed E-state index contributed by atoms with van der Waals surface area (Å²) in [6.07, 6.45) is 6.37. The lowest BCUT2D eigenvalue weighted by molar-refractivity contribution is -0.147. The maximum Gasteiger partial charge on any atom is 0.312 e. The molecule has 1 aromatic heterocycles. The van der Waals surface area contributed by atoms with Crippen LogP contribution in [0.1, 0.15) is 55.9 Å². The number of fused-ring (bicyclic) bond motifs is 1. The number of nitrogens with one attached hydrogen (secondary N) is 2. The molecule has 1 saturated carbocycles. The van der Waals surface area contributed by atoms with Gasteiger partial charge in [0.25, 0.3) is 5.91 Å². The van der Waals surface area contributed by atoms with Crippen LogP contribution in [0.25, 0.3) is 10.9 Å². The second-order valence-corrected chi connectivity index (χ2v) is 8.78. The van der Waals surface area contributed by atoms with Crippen molar-refractivity contribution in [1.82, 2.24) is 20.1 Å². The minimum absolute atomic E-state index is 0.0753. The van der Waals surface area contributed by atoms with E-state index in [1.165, 1.54) is 12.8 Å². The fourth-order valence-electron chi connectivity index (χ4n) is 4.58. The van der Waals surface area contributed by atoms with Crippen molar-refractivity contribution in [3.63, 3.8) is 0 Å². The summed E-state index contributed by atoms with van der Waals surface area (Å²) in [6, 6.07) is 9.63. The van der Waals surface area contributed by atoms with Gasteiger partial charge in [-0.1, -0.05) is 43.9 Å². The number of amides is 3. The van der Waals surface area contributed by atoms with Crippen molar-refractivity contribution in [2.24, 2.45) is 0 Å². The van der Waals surface area contributed by atoms with Gasteiger partial charge < -0.3 is 20.1 Å². The quantitative estimate of drug-likeness (QED) is 0.590. The molecule has 0 bridgehead atoms. The molecule has 2 heterocycles. The highest BCUT2D eigenvalue weighted by molar-refractivity contribution is 6.35. The van der Waals surface area contributed by atoms with Crippen molar-refractivity contribution >= 4 is 28.6 Å². The Hall–Kier alpha value is -2.83. The summed E-state index contributed by atoms with van der Waals surface area (Å²) in [6.45, 7) is 3.62. The first kappa shape index (κ1) is 20.4. The summed E-state index contributed by atoms with van der Waals surface area (Å²) in [4.78, 5) is 44.5. The first-order valence-electron chi connectivity index (χ1n) is 10.9. The standard InChI is InChI=1S/C23H30N4O3/c1-23(10-6-2-3-7-11-23)25-20(28)22(30)27-14-12-26(13-15-27)21(29)19-16-17-8-4-5-9-18(17)24-19/h4-5,8-9,16,24H,2-3,6-7,10-15H2,1H3,(H,25,28). The van der Waals surface area contributed by atoms with Crippen LogP contribution in [-0.2, 0) is 9.59 Å². The van der Waals surface area contributed by atoms with E-state index < -0.39 is 11.8 Å². The maximum atomic E-state index is 12.8. The Morgan fingerprint density at radius 1 is 0.933 bits per heavy atom. The third-order valence-electron chi connectivity index (χ3n) is 6.43. The van der Waals surface area contributed by atoms with E-state index in [4.69, 9.17) is 0 Å². The van der Waals surface area contributed by atoms with Gasteiger partial charge in [-0.2, -0.15) is 0 Å². The van der Waals surface area contributed by atoms with Crippen LogP contribution in [0.4, 0.5) is 0 Å². The Balaban J connectivity index is 1.32. The van der Waals surface area contributed by atoms with E-state index in [-0.39, 0.29) is 11.4 Å². The van der Waals surface area contributed by atoms with Crippen LogP contribution < -0.4 is 5.32 Å². The minimum atomic E-state index is -0.519. The number of benzene rings is 1. The molecular formula is C23H30N4O3. The molecule has 2 fully saturated rings. The second kappa shape index (κ2) is 8.50. The molecule has 2 aromatic rings. The Morgan fingerprint density at radius 2 is 1.57 bits per heavy atom. The number of H-pyrrole nitrogens is 1. The van der Waals surface area contributed by atoms with E-state index in [1.807, 2.05) is 37.3 Å². The number of hydrogen-bond donors (Lipinski definition) is 2. The number of hydrogen-bond acceptors (Lipinski definition) is 3. The zero-order valence-electron chi connectivity index (χ0n) is 17.6. The van der Waals surface area contributed by atoms with Gasteiger partial charge >= 0.3 is 11.8 Å². The highest BCUT2D eigenvalue weighted by Gasteiger charge is 2.33. The summed E-state index contributed by atoms with van der Waals surface area (Å²) in [5.74, 6) is -1.08. The first-order chi connectivity index (χ1) is 14.5. The van der Waals surface area contributed by atoms with Gasteiger partial charge in [-0.25, -0.2) is 0 Å². The van der Waals surface area contributed by atoms with Crippen LogP contribution in [-0.4, -0.2) is 64.2 Å². The maximum absolute atomic E-state index is 12.8. The summed E-state index contributed by atoms with van der Waals surface area (Å²) in [5, 5.41) is 3.99. The number of rotatable bonds is 2. The lowest BCUT2D eigenvalue weighted by Crippen LogP contribution is -2.56. The molecule has 2 N–H and O–H groups in total. The highest BCUT2D eigenvalue weighted by Crippen LogP contribution is 2.26. The van der Waals surface area contributed by atoms with Crippen molar-refractivity contribution < 1.29 is 14.4 Å². The lowest BCUT2D eigenvalue weighted by Gasteiger charge is -2.35. The van der Waals surface area contributed by atoms with Crippen LogP contribution >= 0.6 is 0 Å². The highest BCUT2D eigenvalue weighted by atomic mass is 16.2. The van der Waals surface area contributed by atoms with E-state index in [0.29, 0.717) is 31.9 Å². The molecule has 7 nitrogen and oxygen atoms in total. The van der Waals surface area contributed by atoms with Crippen molar-refractivity contribution in [2.45, 2.75) is 51.0 Å². The van der Waals surface area contributed by atoms with E-state index in [0.717, 1.165) is 36.6 Å². The van der Waals surface area contributed by atoms with E-state index >= 15 is 0 Å². The molecule has 1 aromatic carbocycles. The van der Waals surface area contributed by atoms with Gasteiger partial charge in [0, 0.05) is 42.6 Å². The van der Waals surface area contributed by atoms with Crippen LogP contribution in [0.15, 0.2) is 30.3 Å². The van der Waals surface area contributed by atoms with E-state index in [9.17, 15) is 14.4 Å². The van der Waals surface area contributed by atoms with Crippen LogP contribution in [0.2, 0.25) is 0 Å². The topological polar surface area (TPSA) is 85.5 Å². The third kappa shape index (κ3) is 4.35. The molecule has 7 heteroatoms. The Kier molecular flexibility index (Phi) is 5.79. The molecule has 0 atom stereocenters. The second-order valence-electron chi connectivity index (χ2n) is 8.78. The van der Waals surface area contributed by atoms with Gasteiger partial charge in [-0.3, -0.25) is 14.4 Å². The van der Waals surface area contributed by atoms with Gasteiger partial charge in [-0.15, -0.1) is 0 Å².